The second kappa shape index (κ2) is 9.13. The van der Waals surface area contributed by atoms with E-state index < -0.39 is 5.60 Å². The summed E-state index contributed by atoms with van der Waals surface area (Å²) in [5, 5.41) is 0. The summed E-state index contributed by atoms with van der Waals surface area (Å²) in [6, 6.07) is 16.2. The first kappa shape index (κ1) is 20.4. The molecule has 0 aliphatic heterocycles. The minimum absolute atomic E-state index is 0.151. The number of carbonyl (C=O) groups is 1. The van der Waals surface area contributed by atoms with Crippen LogP contribution in [-0.2, 0) is 22.4 Å². The number of ether oxygens (including phenoxy) is 2. The van der Waals surface area contributed by atoms with E-state index in [9.17, 15) is 4.79 Å². The minimum atomic E-state index is -0.488. The van der Waals surface area contributed by atoms with Gasteiger partial charge in [-0.2, -0.15) is 0 Å². The molecule has 0 fully saturated rings. The molecule has 0 N–H and O–H groups in total. The highest BCUT2D eigenvalue weighted by atomic mass is 32.2. The maximum absolute atomic E-state index is 12.8. The molecule has 0 unspecified atom stereocenters. The molecule has 0 radical (unpaired) electrons. The molecule has 140 valence electrons. The van der Waals surface area contributed by atoms with Gasteiger partial charge in [0.05, 0.1) is 13.0 Å². The predicted octanol–water partition coefficient (Wildman–Crippen LogP) is 5.16. The summed E-state index contributed by atoms with van der Waals surface area (Å²) in [7, 11) is 1.65. The molecule has 0 saturated heterocycles. The molecule has 0 aromatic heterocycles. The lowest BCUT2D eigenvalue weighted by Gasteiger charge is -2.24. The molecule has 2 aromatic carbocycles. The van der Waals surface area contributed by atoms with Gasteiger partial charge in [0.15, 0.2) is 0 Å². The molecule has 2 aromatic rings. The van der Waals surface area contributed by atoms with Gasteiger partial charge >= 0.3 is 5.97 Å². The topological polar surface area (TPSA) is 35.5 Å². The summed E-state index contributed by atoms with van der Waals surface area (Å²) in [6.07, 6.45) is 3.36. The number of methoxy groups -OCH3 is 1. The molecule has 0 saturated carbocycles. The second-order valence-corrected chi connectivity index (χ2v) is 8.21. The third kappa shape index (κ3) is 6.41. The van der Waals surface area contributed by atoms with E-state index >= 15 is 0 Å². The largest absolute Gasteiger partial charge is 0.497 e. The van der Waals surface area contributed by atoms with Gasteiger partial charge in [0.2, 0.25) is 0 Å². The minimum Gasteiger partial charge on any atom is -0.497 e. The molecule has 1 atom stereocenters. The first-order valence-electron chi connectivity index (χ1n) is 8.79. The molecule has 0 amide bonds. The Balaban J connectivity index is 2.17. The van der Waals surface area contributed by atoms with Crippen molar-refractivity contribution in [3.8, 4) is 5.75 Å². The third-order valence-electron chi connectivity index (χ3n) is 4.02. The molecule has 26 heavy (non-hydrogen) atoms. The Hall–Kier alpha value is -1.94. The van der Waals surface area contributed by atoms with Crippen LogP contribution in [0.5, 0.6) is 5.75 Å². The molecule has 0 spiro atoms. The second-order valence-electron chi connectivity index (χ2n) is 7.33. The van der Waals surface area contributed by atoms with Gasteiger partial charge in [0.1, 0.15) is 11.4 Å². The zero-order valence-electron chi connectivity index (χ0n) is 16.2. The SMILES string of the molecule is COc1ccc(C[C@H](Cc2ccc(SC)cc2)C(=O)OC(C)(C)C)cc1. The van der Waals surface area contributed by atoms with Crippen molar-refractivity contribution in [3.63, 3.8) is 0 Å². The zero-order chi connectivity index (χ0) is 19.2. The third-order valence-corrected chi connectivity index (χ3v) is 4.77. The summed E-state index contributed by atoms with van der Waals surface area (Å²) in [6.45, 7) is 5.72. The Morgan fingerprint density at radius 1 is 0.962 bits per heavy atom. The maximum atomic E-state index is 12.8. The number of hydrogen-bond acceptors (Lipinski definition) is 4. The highest BCUT2D eigenvalue weighted by Gasteiger charge is 2.25. The van der Waals surface area contributed by atoms with Crippen LogP contribution in [0.3, 0.4) is 0 Å². The summed E-state index contributed by atoms with van der Waals surface area (Å²) in [5.41, 5.74) is 1.76. The summed E-state index contributed by atoms with van der Waals surface area (Å²) in [5.74, 6) is 0.445. The van der Waals surface area contributed by atoms with Crippen LogP contribution in [0.25, 0.3) is 0 Å². The Morgan fingerprint density at radius 2 is 1.46 bits per heavy atom. The van der Waals surface area contributed by atoms with E-state index in [0.717, 1.165) is 16.9 Å². The van der Waals surface area contributed by atoms with Crippen molar-refractivity contribution in [1.82, 2.24) is 0 Å². The normalized spacial score (nSPS) is 12.5. The summed E-state index contributed by atoms with van der Waals surface area (Å²) >= 11 is 1.71. The fourth-order valence-electron chi connectivity index (χ4n) is 2.72. The van der Waals surface area contributed by atoms with Gasteiger partial charge in [-0.25, -0.2) is 0 Å². The highest BCUT2D eigenvalue weighted by molar-refractivity contribution is 7.98. The van der Waals surface area contributed by atoms with E-state index in [4.69, 9.17) is 9.47 Å². The molecule has 0 heterocycles. The van der Waals surface area contributed by atoms with Crippen LogP contribution in [0.15, 0.2) is 53.4 Å². The molecule has 0 bridgehead atoms. The van der Waals surface area contributed by atoms with Crippen molar-refractivity contribution in [2.45, 2.75) is 44.1 Å². The number of thioether (sulfide) groups is 1. The lowest BCUT2D eigenvalue weighted by Crippen LogP contribution is -2.30. The average molecular weight is 373 g/mol. The van der Waals surface area contributed by atoms with Gasteiger partial charge in [0.25, 0.3) is 0 Å². The summed E-state index contributed by atoms with van der Waals surface area (Å²) in [4.78, 5) is 14.0. The quantitative estimate of drug-likeness (QED) is 0.497. The van der Waals surface area contributed by atoms with Gasteiger partial charge in [0, 0.05) is 4.90 Å². The fraction of sp³-hybridized carbons (Fsp3) is 0.409. The predicted molar refractivity (Wildman–Crippen MR) is 108 cm³/mol. The van der Waals surface area contributed by atoms with E-state index in [1.54, 1.807) is 18.9 Å². The molecule has 0 aliphatic carbocycles. The Kier molecular flexibility index (Phi) is 7.15. The molecule has 2 rings (SSSR count). The molecular formula is C22H28O3S. The number of benzene rings is 2. The average Bonchev–Trinajstić information content (AvgIpc) is 2.61. The van der Waals surface area contributed by atoms with Crippen molar-refractivity contribution < 1.29 is 14.3 Å². The van der Waals surface area contributed by atoms with Crippen molar-refractivity contribution in [2.75, 3.05) is 13.4 Å². The van der Waals surface area contributed by atoms with Crippen LogP contribution in [0, 0.1) is 5.92 Å². The Labute approximate surface area is 161 Å². The number of esters is 1. The van der Waals surface area contributed by atoms with Gasteiger partial charge in [-0.3, -0.25) is 4.79 Å². The lowest BCUT2D eigenvalue weighted by atomic mass is 9.92. The van der Waals surface area contributed by atoms with Gasteiger partial charge < -0.3 is 9.47 Å². The van der Waals surface area contributed by atoms with Gasteiger partial charge in [-0.05, 0) is 75.3 Å². The van der Waals surface area contributed by atoms with E-state index in [1.165, 1.54) is 4.90 Å². The number of rotatable bonds is 7. The Morgan fingerprint density at radius 3 is 1.88 bits per heavy atom. The van der Waals surface area contributed by atoms with E-state index in [0.29, 0.717) is 12.8 Å². The van der Waals surface area contributed by atoms with Gasteiger partial charge in [-0.15, -0.1) is 11.8 Å². The van der Waals surface area contributed by atoms with Crippen molar-refractivity contribution in [1.29, 1.82) is 0 Å². The first-order chi connectivity index (χ1) is 12.3. The summed E-state index contributed by atoms with van der Waals surface area (Å²) < 4.78 is 10.9. The lowest BCUT2D eigenvalue weighted by molar-refractivity contribution is -0.159. The van der Waals surface area contributed by atoms with Crippen LogP contribution in [0.2, 0.25) is 0 Å². The zero-order valence-corrected chi connectivity index (χ0v) is 17.1. The van der Waals surface area contributed by atoms with Crippen LogP contribution in [0.4, 0.5) is 0 Å². The molecule has 4 heteroatoms. The highest BCUT2D eigenvalue weighted by Crippen LogP contribution is 2.23. The smallest absolute Gasteiger partial charge is 0.310 e. The van der Waals surface area contributed by atoms with Crippen molar-refractivity contribution in [2.24, 2.45) is 5.92 Å². The van der Waals surface area contributed by atoms with Crippen molar-refractivity contribution >= 4 is 17.7 Å². The van der Waals surface area contributed by atoms with Crippen LogP contribution in [0.1, 0.15) is 31.9 Å². The maximum Gasteiger partial charge on any atom is 0.310 e. The monoisotopic (exact) mass is 372 g/mol. The standard InChI is InChI=1S/C22H28O3S/c1-22(2,3)25-21(23)18(14-16-6-10-19(24-4)11-7-16)15-17-8-12-20(26-5)13-9-17/h6-13,18H,14-15H2,1-5H3/t18-/m1/s1. The van der Waals surface area contributed by atoms with Crippen LogP contribution in [-0.4, -0.2) is 24.9 Å². The number of carbonyl (C=O) groups excluding carboxylic acids is 1. The molecule has 0 aliphatic rings. The van der Waals surface area contributed by atoms with Gasteiger partial charge in [-0.1, -0.05) is 24.3 Å². The molecular weight excluding hydrogens is 344 g/mol. The first-order valence-corrected chi connectivity index (χ1v) is 10.0. The van der Waals surface area contributed by atoms with E-state index in [1.807, 2.05) is 45.0 Å². The van der Waals surface area contributed by atoms with E-state index in [-0.39, 0.29) is 11.9 Å². The molecule has 3 nitrogen and oxygen atoms in total. The van der Waals surface area contributed by atoms with E-state index in [2.05, 4.69) is 30.5 Å². The van der Waals surface area contributed by atoms with Crippen molar-refractivity contribution in [3.05, 3.63) is 59.7 Å². The Bertz CT molecular complexity index is 650. The fourth-order valence-corrected chi connectivity index (χ4v) is 3.12. The van der Waals surface area contributed by atoms with Crippen LogP contribution >= 0.6 is 11.8 Å². The number of hydrogen-bond donors (Lipinski definition) is 0. The van der Waals surface area contributed by atoms with Crippen LogP contribution < -0.4 is 4.74 Å².